The number of aliphatic hydroxyl groups is 1. The first-order valence-electron chi connectivity index (χ1n) is 8.16. The highest BCUT2D eigenvalue weighted by Gasteiger charge is 2.08. The van der Waals surface area contributed by atoms with Crippen molar-refractivity contribution in [3.63, 3.8) is 0 Å². The molecule has 0 aromatic heterocycles. The van der Waals surface area contributed by atoms with Gasteiger partial charge in [0.2, 0.25) is 0 Å². The summed E-state index contributed by atoms with van der Waals surface area (Å²) < 4.78 is 0. The van der Waals surface area contributed by atoms with Crippen molar-refractivity contribution >= 4 is 5.69 Å². The van der Waals surface area contributed by atoms with E-state index in [-0.39, 0.29) is 0 Å². The molecule has 3 nitrogen and oxygen atoms in total. The van der Waals surface area contributed by atoms with Crippen molar-refractivity contribution < 1.29 is 5.11 Å². The minimum Gasteiger partial charge on any atom is -0.396 e. The fourth-order valence-corrected chi connectivity index (χ4v) is 2.48. The lowest BCUT2D eigenvalue weighted by Gasteiger charge is -2.23. The molecular weight excluding hydrogens is 260 g/mol. The largest absolute Gasteiger partial charge is 0.396 e. The van der Waals surface area contributed by atoms with Gasteiger partial charge in [-0.15, -0.1) is 0 Å². The van der Waals surface area contributed by atoms with Crippen molar-refractivity contribution in [2.75, 3.05) is 31.6 Å². The monoisotopic (exact) mass is 292 g/mol. The zero-order chi connectivity index (χ0) is 15.7. The molecular formula is C18H32N2O. The third kappa shape index (κ3) is 6.96. The molecule has 0 spiro atoms. The topological polar surface area (TPSA) is 35.5 Å². The molecule has 0 amide bonds. The number of aliphatic hydroxyl groups excluding tert-OH is 1. The van der Waals surface area contributed by atoms with E-state index in [4.69, 9.17) is 5.11 Å². The van der Waals surface area contributed by atoms with Crippen LogP contribution in [0.15, 0.2) is 18.2 Å². The molecule has 0 saturated carbocycles. The van der Waals surface area contributed by atoms with Gasteiger partial charge in [0.05, 0.1) is 0 Å². The lowest BCUT2D eigenvalue weighted by molar-refractivity contribution is 0.283. The number of hydrogen-bond acceptors (Lipinski definition) is 3. The van der Waals surface area contributed by atoms with Crippen molar-refractivity contribution in [1.82, 2.24) is 5.32 Å². The average molecular weight is 292 g/mol. The fourth-order valence-electron chi connectivity index (χ4n) is 2.48. The fraction of sp³-hybridized carbons (Fsp3) is 0.667. The summed E-state index contributed by atoms with van der Waals surface area (Å²) >= 11 is 0. The number of hydrogen-bond donors (Lipinski definition) is 2. The molecule has 0 bridgehead atoms. The molecule has 120 valence electrons. The van der Waals surface area contributed by atoms with E-state index in [0.717, 1.165) is 38.9 Å². The standard InChI is InChI=1S/C18H32N2O/c1-15(2)13-19-14-17-12-16(3)8-9-18(17)20(4)10-6-5-7-11-21/h8-9,12,15,19,21H,5-7,10-11,13-14H2,1-4H3. The Morgan fingerprint density at radius 3 is 2.62 bits per heavy atom. The number of nitrogens with one attached hydrogen (secondary N) is 1. The summed E-state index contributed by atoms with van der Waals surface area (Å²) in [7, 11) is 2.16. The summed E-state index contributed by atoms with van der Waals surface area (Å²) in [4.78, 5) is 2.34. The van der Waals surface area contributed by atoms with Crippen LogP contribution in [0, 0.1) is 12.8 Å². The van der Waals surface area contributed by atoms with Gasteiger partial charge in [0, 0.05) is 32.4 Å². The van der Waals surface area contributed by atoms with Crippen LogP contribution < -0.4 is 10.2 Å². The Labute approximate surface area is 130 Å². The second-order valence-corrected chi connectivity index (χ2v) is 6.36. The molecule has 1 aromatic carbocycles. The van der Waals surface area contributed by atoms with E-state index >= 15 is 0 Å². The quantitative estimate of drug-likeness (QED) is 0.649. The molecule has 0 radical (unpaired) electrons. The predicted molar refractivity (Wildman–Crippen MR) is 91.9 cm³/mol. The summed E-state index contributed by atoms with van der Waals surface area (Å²) in [6.45, 7) is 9.94. The maximum atomic E-state index is 8.84. The van der Waals surface area contributed by atoms with Gasteiger partial charge >= 0.3 is 0 Å². The minimum absolute atomic E-state index is 0.304. The van der Waals surface area contributed by atoms with Gasteiger partial charge in [0.25, 0.3) is 0 Å². The predicted octanol–water partition coefficient (Wildman–Crippen LogP) is 3.34. The Bertz CT molecular complexity index is 404. The SMILES string of the molecule is Cc1ccc(N(C)CCCCCO)c(CNCC(C)C)c1. The summed E-state index contributed by atoms with van der Waals surface area (Å²) in [6.07, 6.45) is 3.13. The van der Waals surface area contributed by atoms with Crippen molar-refractivity contribution in [3.05, 3.63) is 29.3 Å². The van der Waals surface area contributed by atoms with Gasteiger partial charge in [-0.25, -0.2) is 0 Å². The molecule has 0 atom stereocenters. The molecule has 0 aliphatic heterocycles. The number of aryl methyl sites for hydroxylation is 1. The van der Waals surface area contributed by atoms with E-state index in [1.54, 1.807) is 0 Å². The van der Waals surface area contributed by atoms with Crippen LogP contribution in [-0.2, 0) is 6.54 Å². The number of anilines is 1. The van der Waals surface area contributed by atoms with Gasteiger partial charge in [0.15, 0.2) is 0 Å². The van der Waals surface area contributed by atoms with Crippen molar-refractivity contribution in [2.24, 2.45) is 5.92 Å². The van der Waals surface area contributed by atoms with Gasteiger partial charge in [-0.2, -0.15) is 0 Å². The molecule has 0 saturated heterocycles. The van der Waals surface area contributed by atoms with Gasteiger partial charge < -0.3 is 15.3 Å². The Hall–Kier alpha value is -1.06. The zero-order valence-corrected chi connectivity index (χ0v) is 14.2. The van der Waals surface area contributed by atoms with Crippen molar-refractivity contribution in [2.45, 2.75) is 46.6 Å². The normalized spacial score (nSPS) is 11.1. The van der Waals surface area contributed by atoms with Gasteiger partial charge in [-0.05, 0) is 50.3 Å². The van der Waals surface area contributed by atoms with Crippen LogP contribution in [0.4, 0.5) is 5.69 Å². The highest BCUT2D eigenvalue weighted by atomic mass is 16.2. The van der Waals surface area contributed by atoms with Crippen LogP contribution in [0.5, 0.6) is 0 Å². The molecule has 0 heterocycles. The minimum atomic E-state index is 0.304. The van der Waals surface area contributed by atoms with Gasteiger partial charge in [0.1, 0.15) is 0 Å². The van der Waals surface area contributed by atoms with E-state index in [2.05, 4.69) is 56.2 Å². The van der Waals surface area contributed by atoms with Gasteiger partial charge in [-0.1, -0.05) is 31.5 Å². The first-order valence-corrected chi connectivity index (χ1v) is 8.16. The number of benzene rings is 1. The van der Waals surface area contributed by atoms with Crippen LogP contribution >= 0.6 is 0 Å². The first-order chi connectivity index (χ1) is 10.0. The van der Waals surface area contributed by atoms with Crippen LogP contribution in [-0.4, -0.2) is 31.9 Å². The summed E-state index contributed by atoms with van der Waals surface area (Å²) in [5.41, 5.74) is 4.01. The second kappa shape index (κ2) is 9.80. The molecule has 0 aliphatic carbocycles. The van der Waals surface area contributed by atoms with E-state index < -0.39 is 0 Å². The molecule has 0 fully saturated rings. The number of nitrogens with zero attached hydrogens (tertiary/aromatic N) is 1. The molecule has 0 unspecified atom stereocenters. The maximum Gasteiger partial charge on any atom is 0.0431 e. The zero-order valence-electron chi connectivity index (χ0n) is 14.2. The van der Waals surface area contributed by atoms with Crippen molar-refractivity contribution in [3.8, 4) is 0 Å². The third-order valence-electron chi connectivity index (χ3n) is 3.67. The van der Waals surface area contributed by atoms with Crippen LogP contribution in [0.25, 0.3) is 0 Å². The van der Waals surface area contributed by atoms with E-state index in [1.807, 2.05) is 0 Å². The molecule has 0 aliphatic rings. The lowest BCUT2D eigenvalue weighted by Crippen LogP contribution is -2.24. The summed E-state index contributed by atoms with van der Waals surface area (Å²) in [5, 5.41) is 12.4. The van der Waals surface area contributed by atoms with Crippen LogP contribution in [0.3, 0.4) is 0 Å². The molecule has 21 heavy (non-hydrogen) atoms. The Balaban J connectivity index is 2.62. The number of unbranched alkanes of at least 4 members (excludes halogenated alkanes) is 2. The lowest BCUT2D eigenvalue weighted by atomic mass is 10.1. The maximum absolute atomic E-state index is 8.84. The van der Waals surface area contributed by atoms with Crippen molar-refractivity contribution in [1.29, 1.82) is 0 Å². The molecule has 2 N–H and O–H groups in total. The Kier molecular flexibility index (Phi) is 8.40. The molecule has 3 heteroatoms. The number of rotatable bonds is 10. The molecule has 1 rings (SSSR count). The molecule has 1 aromatic rings. The van der Waals surface area contributed by atoms with E-state index in [1.165, 1.54) is 16.8 Å². The third-order valence-corrected chi connectivity index (χ3v) is 3.67. The summed E-state index contributed by atoms with van der Waals surface area (Å²) in [6, 6.07) is 6.70. The van der Waals surface area contributed by atoms with Crippen LogP contribution in [0.2, 0.25) is 0 Å². The average Bonchev–Trinajstić information content (AvgIpc) is 2.43. The Morgan fingerprint density at radius 2 is 1.95 bits per heavy atom. The van der Waals surface area contributed by atoms with E-state index in [9.17, 15) is 0 Å². The second-order valence-electron chi connectivity index (χ2n) is 6.36. The first kappa shape index (κ1) is 18.0. The van der Waals surface area contributed by atoms with E-state index in [0.29, 0.717) is 12.5 Å². The summed E-state index contributed by atoms with van der Waals surface area (Å²) in [5.74, 6) is 0.675. The Morgan fingerprint density at radius 1 is 1.19 bits per heavy atom. The highest BCUT2D eigenvalue weighted by molar-refractivity contribution is 5.54. The van der Waals surface area contributed by atoms with Crippen LogP contribution in [0.1, 0.15) is 44.2 Å². The highest BCUT2D eigenvalue weighted by Crippen LogP contribution is 2.21. The smallest absolute Gasteiger partial charge is 0.0431 e. The van der Waals surface area contributed by atoms with Gasteiger partial charge in [-0.3, -0.25) is 0 Å².